The van der Waals surface area contributed by atoms with Crippen LogP contribution in [0.15, 0.2) is 6.33 Å². The third kappa shape index (κ3) is 2.59. The summed E-state index contributed by atoms with van der Waals surface area (Å²) in [6.45, 7) is 2.18. The number of hydrogen-bond acceptors (Lipinski definition) is 6. The van der Waals surface area contributed by atoms with Gasteiger partial charge in [-0.3, -0.25) is 10.1 Å². The van der Waals surface area contributed by atoms with Gasteiger partial charge in [0.15, 0.2) is 0 Å². The number of nitrogens with zero attached hydrogens (tertiary/aromatic N) is 4. The molecular formula is C12H19N5O2. The molecule has 0 radical (unpaired) electrons. The molecule has 0 aliphatic heterocycles. The quantitative estimate of drug-likeness (QED) is 0.662. The van der Waals surface area contributed by atoms with Crippen LogP contribution >= 0.6 is 0 Å². The van der Waals surface area contributed by atoms with E-state index in [-0.39, 0.29) is 17.5 Å². The van der Waals surface area contributed by atoms with Crippen LogP contribution in [0.2, 0.25) is 0 Å². The maximum atomic E-state index is 11.1. The van der Waals surface area contributed by atoms with Crippen molar-refractivity contribution >= 4 is 17.3 Å². The molecule has 2 unspecified atom stereocenters. The third-order valence-corrected chi connectivity index (χ3v) is 3.91. The molecule has 19 heavy (non-hydrogen) atoms. The maximum Gasteiger partial charge on any atom is 0.353 e. The first-order valence-electron chi connectivity index (χ1n) is 6.50. The van der Waals surface area contributed by atoms with E-state index in [0.717, 1.165) is 19.3 Å². The second-order valence-electron chi connectivity index (χ2n) is 5.13. The van der Waals surface area contributed by atoms with Crippen LogP contribution in [0.4, 0.5) is 17.3 Å². The molecule has 1 aromatic rings. The van der Waals surface area contributed by atoms with Gasteiger partial charge in [0, 0.05) is 13.1 Å². The molecule has 2 atom stereocenters. The molecule has 1 aromatic heterocycles. The summed E-state index contributed by atoms with van der Waals surface area (Å²) in [7, 11) is 1.85. The van der Waals surface area contributed by atoms with Crippen molar-refractivity contribution in [1.82, 2.24) is 9.97 Å². The number of rotatable bonds is 3. The fourth-order valence-electron chi connectivity index (χ4n) is 2.85. The Balaban J connectivity index is 2.35. The number of anilines is 2. The topological polar surface area (TPSA) is 98.2 Å². The molecule has 1 heterocycles. The van der Waals surface area contributed by atoms with Gasteiger partial charge < -0.3 is 10.6 Å². The highest BCUT2D eigenvalue weighted by molar-refractivity contribution is 5.68. The van der Waals surface area contributed by atoms with Crippen molar-refractivity contribution in [2.75, 3.05) is 17.7 Å². The highest BCUT2D eigenvalue weighted by Crippen LogP contribution is 2.35. The first-order chi connectivity index (χ1) is 9.02. The van der Waals surface area contributed by atoms with Crippen LogP contribution in [0.1, 0.15) is 32.6 Å². The van der Waals surface area contributed by atoms with Gasteiger partial charge in [0.25, 0.3) is 0 Å². The average molecular weight is 265 g/mol. The lowest BCUT2D eigenvalue weighted by Gasteiger charge is -2.36. The zero-order valence-electron chi connectivity index (χ0n) is 11.2. The summed E-state index contributed by atoms with van der Waals surface area (Å²) in [5.41, 5.74) is 5.41. The standard InChI is InChI=1S/C12H19N5O2/c1-8-5-3-4-6-9(8)16(2)12-10(17(18)19)11(13)14-7-15-12/h7-9H,3-6H2,1-2H3,(H2,13,14,15). The smallest absolute Gasteiger partial charge is 0.353 e. The fourth-order valence-corrected chi connectivity index (χ4v) is 2.85. The molecule has 2 N–H and O–H groups in total. The Morgan fingerprint density at radius 2 is 2.11 bits per heavy atom. The Hall–Kier alpha value is -1.92. The van der Waals surface area contributed by atoms with Gasteiger partial charge in [-0.25, -0.2) is 9.97 Å². The van der Waals surface area contributed by atoms with Gasteiger partial charge in [0.2, 0.25) is 11.6 Å². The molecule has 1 aliphatic rings. The van der Waals surface area contributed by atoms with Gasteiger partial charge in [-0.1, -0.05) is 19.8 Å². The Morgan fingerprint density at radius 1 is 1.42 bits per heavy atom. The first kappa shape index (κ1) is 13.5. The molecule has 7 heteroatoms. The fraction of sp³-hybridized carbons (Fsp3) is 0.667. The number of nitro groups is 1. The normalized spacial score (nSPS) is 23.1. The van der Waals surface area contributed by atoms with E-state index in [4.69, 9.17) is 5.73 Å². The Bertz CT molecular complexity index is 479. The Labute approximate surface area is 112 Å². The molecule has 2 rings (SSSR count). The molecule has 0 amide bonds. The summed E-state index contributed by atoms with van der Waals surface area (Å²) in [6, 6.07) is 0.266. The van der Waals surface area contributed by atoms with Gasteiger partial charge in [-0.15, -0.1) is 0 Å². The number of hydrogen-bond donors (Lipinski definition) is 1. The number of nitrogens with two attached hydrogens (primary N) is 1. The van der Waals surface area contributed by atoms with E-state index in [9.17, 15) is 10.1 Å². The van der Waals surface area contributed by atoms with E-state index in [1.54, 1.807) is 0 Å². The van der Waals surface area contributed by atoms with Crippen LogP contribution in [0.3, 0.4) is 0 Å². The van der Waals surface area contributed by atoms with Crippen molar-refractivity contribution in [3.8, 4) is 0 Å². The van der Waals surface area contributed by atoms with Crippen LogP contribution in [0.25, 0.3) is 0 Å². The molecule has 1 saturated carbocycles. The summed E-state index contributed by atoms with van der Waals surface area (Å²) in [4.78, 5) is 20.3. The van der Waals surface area contributed by atoms with Crippen LogP contribution in [-0.4, -0.2) is 28.0 Å². The van der Waals surface area contributed by atoms with E-state index >= 15 is 0 Å². The minimum Gasteiger partial charge on any atom is -0.378 e. The lowest BCUT2D eigenvalue weighted by Crippen LogP contribution is -2.39. The second-order valence-corrected chi connectivity index (χ2v) is 5.13. The minimum atomic E-state index is -0.505. The van der Waals surface area contributed by atoms with E-state index < -0.39 is 4.92 Å². The van der Waals surface area contributed by atoms with E-state index in [2.05, 4.69) is 16.9 Å². The predicted molar refractivity (Wildman–Crippen MR) is 72.9 cm³/mol. The highest BCUT2D eigenvalue weighted by atomic mass is 16.6. The van der Waals surface area contributed by atoms with Gasteiger partial charge in [0.05, 0.1) is 4.92 Å². The van der Waals surface area contributed by atoms with E-state index in [0.29, 0.717) is 11.7 Å². The summed E-state index contributed by atoms with van der Waals surface area (Å²) < 4.78 is 0. The monoisotopic (exact) mass is 265 g/mol. The first-order valence-corrected chi connectivity index (χ1v) is 6.50. The highest BCUT2D eigenvalue weighted by Gasteiger charge is 2.31. The van der Waals surface area contributed by atoms with Crippen molar-refractivity contribution in [2.24, 2.45) is 5.92 Å². The summed E-state index contributed by atoms with van der Waals surface area (Å²) in [5, 5.41) is 11.1. The van der Waals surface area contributed by atoms with Gasteiger partial charge in [-0.2, -0.15) is 0 Å². The Morgan fingerprint density at radius 3 is 2.74 bits per heavy atom. The predicted octanol–water partition coefficient (Wildman–Crippen LogP) is 1.98. The zero-order chi connectivity index (χ0) is 14.0. The van der Waals surface area contributed by atoms with Gasteiger partial charge >= 0.3 is 5.69 Å². The number of nitrogen functional groups attached to an aromatic ring is 1. The molecule has 1 fully saturated rings. The van der Waals surface area contributed by atoms with Crippen molar-refractivity contribution in [3.63, 3.8) is 0 Å². The molecule has 0 spiro atoms. The molecule has 1 aliphatic carbocycles. The largest absolute Gasteiger partial charge is 0.378 e. The molecular weight excluding hydrogens is 246 g/mol. The lowest BCUT2D eigenvalue weighted by atomic mass is 9.85. The summed E-state index contributed by atoms with van der Waals surface area (Å²) in [5.74, 6) is 0.733. The van der Waals surface area contributed by atoms with Crippen molar-refractivity contribution < 1.29 is 4.92 Å². The van der Waals surface area contributed by atoms with Gasteiger partial charge in [-0.05, 0) is 18.8 Å². The van der Waals surface area contributed by atoms with Crippen molar-refractivity contribution in [1.29, 1.82) is 0 Å². The van der Waals surface area contributed by atoms with Crippen LogP contribution in [0.5, 0.6) is 0 Å². The van der Waals surface area contributed by atoms with Crippen molar-refractivity contribution in [3.05, 3.63) is 16.4 Å². The lowest BCUT2D eigenvalue weighted by molar-refractivity contribution is -0.383. The second kappa shape index (κ2) is 5.38. The third-order valence-electron chi connectivity index (χ3n) is 3.91. The average Bonchev–Trinajstić information content (AvgIpc) is 2.37. The van der Waals surface area contributed by atoms with E-state index in [1.165, 1.54) is 12.7 Å². The van der Waals surface area contributed by atoms with E-state index in [1.807, 2.05) is 11.9 Å². The SMILES string of the molecule is CC1CCCCC1N(C)c1ncnc(N)c1[N+](=O)[O-]. The minimum absolute atomic E-state index is 0.0784. The Kier molecular flexibility index (Phi) is 3.82. The molecule has 7 nitrogen and oxygen atoms in total. The molecule has 0 saturated heterocycles. The van der Waals surface area contributed by atoms with Crippen LogP contribution in [0, 0.1) is 16.0 Å². The molecule has 0 aromatic carbocycles. The summed E-state index contributed by atoms with van der Waals surface area (Å²) in [6.07, 6.45) is 5.82. The zero-order valence-corrected chi connectivity index (χ0v) is 11.2. The van der Waals surface area contributed by atoms with Gasteiger partial charge in [0.1, 0.15) is 6.33 Å². The van der Waals surface area contributed by atoms with Crippen LogP contribution in [-0.2, 0) is 0 Å². The van der Waals surface area contributed by atoms with Crippen LogP contribution < -0.4 is 10.6 Å². The summed E-state index contributed by atoms with van der Waals surface area (Å²) >= 11 is 0. The van der Waals surface area contributed by atoms with Crippen molar-refractivity contribution in [2.45, 2.75) is 38.6 Å². The maximum absolute atomic E-state index is 11.1. The molecule has 0 bridgehead atoms. The molecule has 104 valence electrons. The number of aromatic nitrogens is 2.